The first-order valence-corrected chi connectivity index (χ1v) is 9.06. The van der Waals surface area contributed by atoms with E-state index in [0.717, 1.165) is 10.6 Å². The Morgan fingerprint density at radius 1 is 1.21 bits per heavy atom. The van der Waals surface area contributed by atoms with Crippen molar-refractivity contribution in [1.82, 2.24) is 20.5 Å². The average Bonchev–Trinajstić information content (AvgIpc) is 2.95. The van der Waals surface area contributed by atoms with E-state index in [9.17, 15) is 18.8 Å². The van der Waals surface area contributed by atoms with Crippen LogP contribution in [0.5, 0.6) is 0 Å². The molecule has 2 N–H and O–H groups in total. The van der Waals surface area contributed by atoms with Crippen LogP contribution >= 0.6 is 0 Å². The predicted molar refractivity (Wildman–Crippen MR) is 99.5 cm³/mol. The summed E-state index contributed by atoms with van der Waals surface area (Å²) in [6.45, 7) is 0.446. The van der Waals surface area contributed by atoms with Gasteiger partial charge in [-0.05, 0) is 36.2 Å². The van der Waals surface area contributed by atoms with E-state index in [1.165, 1.54) is 18.2 Å². The lowest BCUT2D eigenvalue weighted by atomic mass is 10.1. The minimum absolute atomic E-state index is 0.00476. The lowest BCUT2D eigenvalue weighted by Gasteiger charge is -2.13. The van der Waals surface area contributed by atoms with E-state index >= 15 is 0 Å². The Kier molecular flexibility index (Phi) is 6.31. The van der Waals surface area contributed by atoms with Crippen LogP contribution in [0.25, 0.3) is 0 Å². The van der Waals surface area contributed by atoms with Crippen molar-refractivity contribution in [1.29, 1.82) is 0 Å². The van der Waals surface area contributed by atoms with Crippen molar-refractivity contribution < 1.29 is 18.8 Å². The Bertz CT molecular complexity index is 860. The average molecular weight is 384 g/mol. The molecule has 0 bridgehead atoms. The van der Waals surface area contributed by atoms with E-state index in [4.69, 9.17) is 0 Å². The molecule has 1 atom stereocenters. The Labute approximate surface area is 161 Å². The van der Waals surface area contributed by atoms with Gasteiger partial charge in [0.1, 0.15) is 11.9 Å². The summed E-state index contributed by atoms with van der Waals surface area (Å²) in [5.41, 5.74) is 1.41. The SMILES string of the molecule is O=C(CC[C@@H]1NC(=O)N(Cc2cccc(F)c2)C1=O)NCCc1ccccn1. The van der Waals surface area contributed by atoms with Crippen LogP contribution < -0.4 is 10.6 Å². The minimum atomic E-state index is -0.748. The molecule has 28 heavy (non-hydrogen) atoms. The molecule has 1 saturated heterocycles. The van der Waals surface area contributed by atoms with Crippen LogP contribution in [0.15, 0.2) is 48.7 Å². The number of hydrogen-bond donors (Lipinski definition) is 2. The second kappa shape index (κ2) is 9.07. The second-order valence-corrected chi connectivity index (χ2v) is 6.52. The molecule has 0 unspecified atom stereocenters. The highest BCUT2D eigenvalue weighted by Gasteiger charge is 2.37. The standard InChI is InChI=1S/C20H21FN4O3/c21-15-5-3-4-14(12-15)13-25-19(27)17(24-20(25)28)7-8-18(26)23-11-9-16-6-1-2-10-22-16/h1-6,10,12,17H,7-9,11,13H2,(H,23,26)(H,24,28)/t17-/m0/s1. The number of amides is 4. The summed E-state index contributed by atoms with van der Waals surface area (Å²) in [6.07, 6.45) is 2.64. The predicted octanol–water partition coefficient (Wildman–Crippen LogP) is 1.78. The molecule has 1 aromatic carbocycles. The summed E-state index contributed by atoms with van der Waals surface area (Å²) in [4.78, 5) is 41.7. The molecule has 2 heterocycles. The van der Waals surface area contributed by atoms with Crippen molar-refractivity contribution in [3.05, 3.63) is 65.7 Å². The Balaban J connectivity index is 1.44. The van der Waals surface area contributed by atoms with Gasteiger partial charge in [-0.15, -0.1) is 0 Å². The van der Waals surface area contributed by atoms with Crippen molar-refractivity contribution in [2.24, 2.45) is 0 Å². The number of halogens is 1. The zero-order valence-corrected chi connectivity index (χ0v) is 15.2. The number of carbonyl (C=O) groups is 3. The van der Waals surface area contributed by atoms with Gasteiger partial charge in [0.05, 0.1) is 6.54 Å². The van der Waals surface area contributed by atoms with Crippen LogP contribution in [-0.4, -0.2) is 40.3 Å². The summed E-state index contributed by atoms with van der Waals surface area (Å²) in [5.74, 6) is -1.03. The van der Waals surface area contributed by atoms with Crippen LogP contribution in [0.3, 0.4) is 0 Å². The number of urea groups is 1. The number of carbonyl (C=O) groups excluding carboxylic acids is 3. The second-order valence-electron chi connectivity index (χ2n) is 6.52. The van der Waals surface area contributed by atoms with Gasteiger partial charge in [-0.25, -0.2) is 9.18 Å². The fourth-order valence-electron chi connectivity index (χ4n) is 2.98. The number of aromatic nitrogens is 1. The molecule has 0 aliphatic carbocycles. The summed E-state index contributed by atoms with van der Waals surface area (Å²) < 4.78 is 13.3. The van der Waals surface area contributed by atoms with E-state index in [2.05, 4.69) is 15.6 Å². The molecule has 146 valence electrons. The topological polar surface area (TPSA) is 91.4 Å². The van der Waals surface area contributed by atoms with E-state index < -0.39 is 23.8 Å². The van der Waals surface area contributed by atoms with E-state index in [0.29, 0.717) is 18.5 Å². The van der Waals surface area contributed by atoms with E-state index in [-0.39, 0.29) is 25.3 Å². The molecular weight excluding hydrogens is 363 g/mol. The highest BCUT2D eigenvalue weighted by molar-refractivity contribution is 6.04. The molecule has 0 radical (unpaired) electrons. The quantitative estimate of drug-likeness (QED) is 0.679. The molecule has 2 aromatic rings. The molecule has 1 aliphatic rings. The monoisotopic (exact) mass is 384 g/mol. The molecular formula is C20H21FN4O3. The molecule has 4 amide bonds. The molecule has 1 aliphatic heterocycles. The first-order valence-electron chi connectivity index (χ1n) is 9.06. The summed E-state index contributed by atoms with van der Waals surface area (Å²) >= 11 is 0. The van der Waals surface area contributed by atoms with Gasteiger partial charge in [-0.2, -0.15) is 0 Å². The van der Waals surface area contributed by atoms with Gasteiger partial charge < -0.3 is 10.6 Å². The van der Waals surface area contributed by atoms with Crippen LogP contribution in [0, 0.1) is 5.82 Å². The van der Waals surface area contributed by atoms with Crippen LogP contribution in [0.4, 0.5) is 9.18 Å². The maximum atomic E-state index is 13.3. The number of rotatable bonds is 8. The molecule has 7 nitrogen and oxygen atoms in total. The molecule has 0 spiro atoms. The van der Waals surface area contributed by atoms with Gasteiger partial charge in [0.15, 0.2) is 0 Å². The fraction of sp³-hybridized carbons (Fsp3) is 0.300. The number of nitrogens with one attached hydrogen (secondary N) is 2. The zero-order chi connectivity index (χ0) is 19.9. The van der Waals surface area contributed by atoms with Gasteiger partial charge in [-0.3, -0.25) is 19.5 Å². The third-order valence-electron chi connectivity index (χ3n) is 4.43. The summed E-state index contributed by atoms with van der Waals surface area (Å²) in [5, 5.41) is 5.36. The number of hydrogen-bond acceptors (Lipinski definition) is 4. The van der Waals surface area contributed by atoms with Crippen molar-refractivity contribution in [2.75, 3.05) is 6.54 Å². The highest BCUT2D eigenvalue weighted by atomic mass is 19.1. The van der Waals surface area contributed by atoms with Crippen molar-refractivity contribution in [3.63, 3.8) is 0 Å². The molecule has 3 rings (SSSR count). The third-order valence-corrected chi connectivity index (χ3v) is 4.43. The first-order chi connectivity index (χ1) is 13.5. The van der Waals surface area contributed by atoms with Crippen LogP contribution in [0.2, 0.25) is 0 Å². The summed E-state index contributed by atoms with van der Waals surface area (Å²) in [7, 11) is 0. The number of imide groups is 1. The Hall–Kier alpha value is -3.29. The van der Waals surface area contributed by atoms with Gasteiger partial charge in [0.2, 0.25) is 5.91 Å². The van der Waals surface area contributed by atoms with Crippen LogP contribution in [0.1, 0.15) is 24.1 Å². The first kappa shape index (κ1) is 19.5. The van der Waals surface area contributed by atoms with Crippen molar-refractivity contribution in [2.45, 2.75) is 31.8 Å². The number of nitrogens with zero attached hydrogens (tertiary/aromatic N) is 2. The lowest BCUT2D eigenvalue weighted by molar-refractivity contribution is -0.128. The van der Waals surface area contributed by atoms with Gasteiger partial charge in [-0.1, -0.05) is 18.2 Å². The fourth-order valence-corrected chi connectivity index (χ4v) is 2.98. The van der Waals surface area contributed by atoms with Crippen molar-refractivity contribution in [3.8, 4) is 0 Å². The summed E-state index contributed by atoms with van der Waals surface area (Å²) in [6, 6.07) is 10.1. The van der Waals surface area contributed by atoms with E-state index in [1.807, 2.05) is 18.2 Å². The lowest BCUT2D eigenvalue weighted by Crippen LogP contribution is -2.33. The Morgan fingerprint density at radius 3 is 2.82 bits per heavy atom. The number of pyridine rings is 1. The molecule has 1 aromatic heterocycles. The van der Waals surface area contributed by atoms with Gasteiger partial charge in [0, 0.05) is 31.3 Å². The highest BCUT2D eigenvalue weighted by Crippen LogP contribution is 2.15. The van der Waals surface area contributed by atoms with E-state index in [1.54, 1.807) is 12.3 Å². The normalized spacial score (nSPS) is 16.2. The number of benzene rings is 1. The zero-order valence-electron chi connectivity index (χ0n) is 15.2. The van der Waals surface area contributed by atoms with Crippen molar-refractivity contribution >= 4 is 17.8 Å². The molecule has 1 fully saturated rings. The molecule has 0 saturated carbocycles. The maximum absolute atomic E-state index is 13.3. The van der Waals surface area contributed by atoms with Crippen LogP contribution in [-0.2, 0) is 22.6 Å². The largest absolute Gasteiger partial charge is 0.356 e. The Morgan fingerprint density at radius 2 is 2.07 bits per heavy atom. The maximum Gasteiger partial charge on any atom is 0.325 e. The van der Waals surface area contributed by atoms with Gasteiger partial charge in [0.25, 0.3) is 5.91 Å². The van der Waals surface area contributed by atoms with Gasteiger partial charge >= 0.3 is 6.03 Å². The smallest absolute Gasteiger partial charge is 0.325 e. The third kappa shape index (κ3) is 5.12. The molecule has 8 heteroatoms. The minimum Gasteiger partial charge on any atom is -0.356 e.